The van der Waals surface area contributed by atoms with Crippen molar-refractivity contribution in [2.24, 2.45) is 0 Å². The Balaban J connectivity index is 1.59. The number of benzene rings is 2. The molecule has 0 saturated carbocycles. The molecule has 1 saturated heterocycles. The molecule has 4 rings (SSSR count). The zero-order valence-electron chi connectivity index (χ0n) is 17.5. The van der Waals surface area contributed by atoms with Crippen molar-refractivity contribution in [1.82, 2.24) is 9.21 Å². The minimum Gasteiger partial charge on any atom is -0.508 e. The van der Waals surface area contributed by atoms with Crippen LogP contribution in [0.1, 0.15) is 18.9 Å². The maximum absolute atomic E-state index is 13.4. The molecular formula is C22H29N3O4S. The number of phenols is 1. The Morgan fingerprint density at radius 1 is 1.07 bits per heavy atom. The molecule has 8 heteroatoms. The number of anilines is 1. The molecule has 7 nitrogen and oxygen atoms in total. The molecule has 0 bridgehead atoms. The summed E-state index contributed by atoms with van der Waals surface area (Å²) in [7, 11) is -1.99. The number of piperazine rings is 1. The van der Waals surface area contributed by atoms with Gasteiger partial charge in [0.15, 0.2) is 0 Å². The fraction of sp³-hybridized carbons (Fsp3) is 0.455. The molecule has 0 spiro atoms. The second-order valence-electron chi connectivity index (χ2n) is 7.78. The maximum Gasteiger partial charge on any atom is 0.244 e. The lowest BCUT2D eigenvalue weighted by molar-refractivity contribution is 0.0874. The van der Waals surface area contributed by atoms with Gasteiger partial charge in [-0.05, 0) is 42.8 Å². The first-order chi connectivity index (χ1) is 14.5. The summed E-state index contributed by atoms with van der Waals surface area (Å²) in [6, 6.07) is 12.5. The van der Waals surface area contributed by atoms with Crippen LogP contribution in [0.25, 0.3) is 0 Å². The van der Waals surface area contributed by atoms with Crippen molar-refractivity contribution in [2.45, 2.75) is 30.8 Å². The second-order valence-corrected chi connectivity index (χ2v) is 9.64. The summed E-state index contributed by atoms with van der Waals surface area (Å²) in [5, 5.41) is 9.52. The molecule has 2 aromatic rings. The van der Waals surface area contributed by atoms with Crippen molar-refractivity contribution < 1.29 is 18.3 Å². The van der Waals surface area contributed by atoms with E-state index >= 15 is 0 Å². The summed E-state index contributed by atoms with van der Waals surface area (Å²) in [6.45, 7) is 5.66. The van der Waals surface area contributed by atoms with E-state index in [2.05, 4.69) is 9.80 Å². The average Bonchev–Trinajstić information content (AvgIpc) is 2.76. The third-order valence-corrected chi connectivity index (χ3v) is 7.99. The summed E-state index contributed by atoms with van der Waals surface area (Å²) in [4.78, 5) is 4.92. The molecule has 0 aliphatic carbocycles. The van der Waals surface area contributed by atoms with Gasteiger partial charge in [0.25, 0.3) is 0 Å². The second kappa shape index (κ2) is 8.45. The van der Waals surface area contributed by atoms with Crippen LogP contribution in [0.3, 0.4) is 0 Å². The Hall–Kier alpha value is -2.29. The highest BCUT2D eigenvalue weighted by molar-refractivity contribution is 7.89. The highest BCUT2D eigenvalue weighted by Crippen LogP contribution is 2.37. The molecule has 1 N–H and O–H groups in total. The molecule has 0 radical (unpaired) electrons. The standard InChI is InChI=1S/C22H29N3O4S/c1-3-11-25-22(16-19-20(29-2)5-4-6-21(19)30(25,27)28)24-14-12-23(13-15-24)17-7-9-18(26)10-8-17/h4-10,22,26H,3,11-16H2,1-2H3. The van der Waals surface area contributed by atoms with Crippen molar-refractivity contribution in [3.63, 3.8) is 0 Å². The van der Waals surface area contributed by atoms with Gasteiger partial charge in [-0.1, -0.05) is 13.0 Å². The molecule has 0 amide bonds. The lowest BCUT2D eigenvalue weighted by Crippen LogP contribution is -2.59. The van der Waals surface area contributed by atoms with Gasteiger partial charge in [0.1, 0.15) is 11.5 Å². The zero-order valence-corrected chi connectivity index (χ0v) is 18.3. The van der Waals surface area contributed by atoms with Crippen molar-refractivity contribution >= 4 is 15.7 Å². The number of hydrogen-bond acceptors (Lipinski definition) is 6. The molecule has 1 fully saturated rings. The SMILES string of the molecule is CCCN1C(N2CCN(c3ccc(O)cc3)CC2)Cc2c(OC)cccc2S1(=O)=O. The van der Waals surface area contributed by atoms with Crippen molar-refractivity contribution in [3.8, 4) is 11.5 Å². The zero-order chi connectivity index (χ0) is 21.3. The van der Waals surface area contributed by atoms with Gasteiger partial charge in [0, 0.05) is 50.4 Å². The van der Waals surface area contributed by atoms with E-state index in [1.165, 1.54) is 0 Å². The van der Waals surface area contributed by atoms with E-state index in [4.69, 9.17) is 4.74 Å². The van der Waals surface area contributed by atoms with Crippen molar-refractivity contribution in [1.29, 1.82) is 0 Å². The largest absolute Gasteiger partial charge is 0.508 e. The van der Waals surface area contributed by atoms with E-state index in [0.29, 0.717) is 23.6 Å². The van der Waals surface area contributed by atoms with Crippen molar-refractivity contribution in [2.75, 3.05) is 44.7 Å². The Bertz CT molecular complexity index is 986. The molecule has 2 aromatic carbocycles. The molecule has 1 atom stereocenters. The van der Waals surface area contributed by atoms with Gasteiger partial charge in [-0.15, -0.1) is 0 Å². The fourth-order valence-corrected chi connectivity index (χ4v) is 6.44. The fourth-order valence-electron chi connectivity index (χ4n) is 4.49. The van der Waals surface area contributed by atoms with E-state index in [1.807, 2.05) is 25.1 Å². The Morgan fingerprint density at radius 2 is 1.77 bits per heavy atom. The van der Waals surface area contributed by atoms with Crippen LogP contribution in [0.5, 0.6) is 11.5 Å². The van der Waals surface area contributed by atoms with Crippen LogP contribution >= 0.6 is 0 Å². The minimum atomic E-state index is -3.58. The van der Waals surface area contributed by atoms with E-state index in [9.17, 15) is 13.5 Å². The van der Waals surface area contributed by atoms with Crippen LogP contribution in [0.2, 0.25) is 0 Å². The third-order valence-electron chi connectivity index (χ3n) is 6.01. The topological polar surface area (TPSA) is 73.3 Å². The Morgan fingerprint density at radius 3 is 2.40 bits per heavy atom. The van der Waals surface area contributed by atoms with Gasteiger partial charge in [-0.3, -0.25) is 4.90 Å². The molecular weight excluding hydrogens is 402 g/mol. The lowest BCUT2D eigenvalue weighted by Gasteiger charge is -2.46. The van der Waals surface area contributed by atoms with Crippen LogP contribution in [-0.2, 0) is 16.4 Å². The number of aromatic hydroxyl groups is 1. The number of ether oxygens (including phenoxy) is 1. The number of methoxy groups -OCH3 is 1. The monoisotopic (exact) mass is 431 g/mol. The quantitative estimate of drug-likeness (QED) is 0.784. The van der Waals surface area contributed by atoms with Gasteiger partial charge < -0.3 is 14.7 Å². The molecule has 1 unspecified atom stereocenters. The van der Waals surface area contributed by atoms with Gasteiger partial charge >= 0.3 is 0 Å². The Kier molecular flexibility index (Phi) is 5.90. The van der Waals surface area contributed by atoms with Gasteiger partial charge in [0.05, 0.1) is 18.2 Å². The molecule has 0 aromatic heterocycles. The maximum atomic E-state index is 13.4. The molecule has 30 heavy (non-hydrogen) atoms. The van der Waals surface area contributed by atoms with E-state index in [0.717, 1.165) is 43.9 Å². The predicted octanol–water partition coefficient (Wildman–Crippen LogP) is 2.51. The lowest BCUT2D eigenvalue weighted by atomic mass is 10.1. The van der Waals surface area contributed by atoms with E-state index in [-0.39, 0.29) is 11.9 Å². The molecule has 162 valence electrons. The summed E-state index contributed by atoms with van der Waals surface area (Å²) < 4.78 is 34.0. The van der Waals surface area contributed by atoms with Crippen LogP contribution < -0.4 is 9.64 Å². The molecule has 2 aliphatic heterocycles. The first-order valence-corrected chi connectivity index (χ1v) is 11.9. The number of phenolic OH excluding ortho intramolecular Hbond substituents is 1. The first-order valence-electron chi connectivity index (χ1n) is 10.4. The highest BCUT2D eigenvalue weighted by atomic mass is 32.2. The smallest absolute Gasteiger partial charge is 0.244 e. The number of fused-ring (bicyclic) bond motifs is 1. The number of hydrogen-bond donors (Lipinski definition) is 1. The van der Waals surface area contributed by atoms with Crippen molar-refractivity contribution in [3.05, 3.63) is 48.0 Å². The normalized spacial score (nSPS) is 21.9. The third kappa shape index (κ3) is 3.75. The highest BCUT2D eigenvalue weighted by Gasteiger charge is 2.42. The van der Waals surface area contributed by atoms with E-state index < -0.39 is 10.0 Å². The summed E-state index contributed by atoms with van der Waals surface area (Å²) >= 11 is 0. The summed E-state index contributed by atoms with van der Waals surface area (Å²) in [6.07, 6.45) is 1.18. The van der Waals surface area contributed by atoms with Crippen LogP contribution in [0.4, 0.5) is 5.69 Å². The number of sulfonamides is 1. The Labute approximate surface area is 178 Å². The van der Waals surface area contributed by atoms with Gasteiger partial charge in [-0.25, -0.2) is 8.42 Å². The molecule has 2 aliphatic rings. The number of nitrogens with zero attached hydrogens (tertiary/aromatic N) is 3. The predicted molar refractivity (Wildman–Crippen MR) is 117 cm³/mol. The van der Waals surface area contributed by atoms with Crippen LogP contribution in [0.15, 0.2) is 47.4 Å². The number of rotatable bonds is 5. The minimum absolute atomic E-state index is 0.208. The van der Waals surface area contributed by atoms with Gasteiger partial charge in [-0.2, -0.15) is 4.31 Å². The van der Waals surface area contributed by atoms with Crippen LogP contribution in [-0.4, -0.2) is 68.7 Å². The average molecular weight is 432 g/mol. The summed E-state index contributed by atoms with van der Waals surface area (Å²) in [5.41, 5.74) is 1.85. The first kappa shape index (κ1) is 21.0. The van der Waals surface area contributed by atoms with Crippen LogP contribution in [0, 0.1) is 0 Å². The van der Waals surface area contributed by atoms with E-state index in [1.54, 1.807) is 35.7 Å². The van der Waals surface area contributed by atoms with Gasteiger partial charge in [0.2, 0.25) is 10.0 Å². The molecule has 2 heterocycles. The summed E-state index contributed by atoms with van der Waals surface area (Å²) in [5.74, 6) is 0.896.